The summed E-state index contributed by atoms with van der Waals surface area (Å²) in [7, 11) is 0. The van der Waals surface area contributed by atoms with Crippen LogP contribution < -0.4 is 0 Å². The number of rotatable bonds is 2. The van der Waals surface area contributed by atoms with Gasteiger partial charge in [0, 0.05) is 0 Å². The van der Waals surface area contributed by atoms with E-state index in [9.17, 15) is 5.11 Å². The Kier molecular flexibility index (Phi) is 3.58. The van der Waals surface area contributed by atoms with Crippen LogP contribution in [0.15, 0.2) is 24.3 Å². The molecule has 0 bridgehead atoms. The van der Waals surface area contributed by atoms with Crippen molar-refractivity contribution in [3.63, 3.8) is 0 Å². The van der Waals surface area contributed by atoms with Gasteiger partial charge in [0.05, 0.1) is 5.60 Å². The van der Waals surface area contributed by atoms with Crippen LogP contribution in [0.25, 0.3) is 0 Å². The van der Waals surface area contributed by atoms with Crippen LogP contribution in [0.1, 0.15) is 50.7 Å². The Bertz CT molecular complexity index is 373. The fraction of sp³-hybridized carbons (Fsp3) is 0.625. The second-order valence-corrected chi connectivity index (χ2v) is 5.98. The van der Waals surface area contributed by atoms with E-state index < -0.39 is 5.60 Å². The standard InChI is InChI=1S/C16H24O/c1-12(2)14-7-9-16(17,10-8-14)15-6-4-5-13(3)11-15/h4-6,11-12,14,17H,7-10H2,1-3H3. The minimum absolute atomic E-state index is 0.572. The summed E-state index contributed by atoms with van der Waals surface area (Å²) >= 11 is 0. The topological polar surface area (TPSA) is 20.2 Å². The number of aryl methyl sites for hydroxylation is 1. The highest BCUT2D eigenvalue weighted by Gasteiger charge is 2.35. The van der Waals surface area contributed by atoms with Crippen molar-refractivity contribution in [3.8, 4) is 0 Å². The number of hydrogen-bond acceptors (Lipinski definition) is 1. The van der Waals surface area contributed by atoms with Crippen molar-refractivity contribution in [2.24, 2.45) is 11.8 Å². The molecule has 1 nitrogen and oxygen atoms in total. The molecule has 0 aromatic heterocycles. The van der Waals surface area contributed by atoms with Crippen LogP contribution in [0.4, 0.5) is 0 Å². The third kappa shape index (κ3) is 2.71. The van der Waals surface area contributed by atoms with Crippen molar-refractivity contribution < 1.29 is 5.11 Å². The van der Waals surface area contributed by atoms with Gasteiger partial charge in [-0.3, -0.25) is 0 Å². The predicted molar refractivity (Wildman–Crippen MR) is 71.9 cm³/mol. The molecule has 0 saturated heterocycles. The molecule has 17 heavy (non-hydrogen) atoms. The lowest BCUT2D eigenvalue weighted by molar-refractivity contribution is -0.0200. The first kappa shape index (κ1) is 12.6. The van der Waals surface area contributed by atoms with E-state index >= 15 is 0 Å². The molecule has 1 N–H and O–H groups in total. The normalized spacial score (nSPS) is 29.6. The zero-order chi connectivity index (χ0) is 12.5. The minimum atomic E-state index is -0.572. The van der Waals surface area contributed by atoms with Gasteiger partial charge in [-0.25, -0.2) is 0 Å². The zero-order valence-electron chi connectivity index (χ0n) is 11.2. The summed E-state index contributed by atoms with van der Waals surface area (Å²) in [4.78, 5) is 0. The maximum absolute atomic E-state index is 10.8. The van der Waals surface area contributed by atoms with E-state index in [0.717, 1.165) is 43.1 Å². The first-order valence-corrected chi connectivity index (χ1v) is 6.81. The van der Waals surface area contributed by atoms with Crippen molar-refractivity contribution in [1.82, 2.24) is 0 Å². The van der Waals surface area contributed by atoms with Gasteiger partial charge in [-0.2, -0.15) is 0 Å². The van der Waals surface area contributed by atoms with E-state index in [1.807, 2.05) is 0 Å². The molecule has 1 heteroatoms. The van der Waals surface area contributed by atoms with Gasteiger partial charge in [0.1, 0.15) is 0 Å². The molecule has 2 rings (SSSR count). The maximum Gasteiger partial charge on any atom is 0.0896 e. The van der Waals surface area contributed by atoms with E-state index in [2.05, 4.69) is 45.0 Å². The van der Waals surface area contributed by atoms with Crippen LogP contribution in [0.5, 0.6) is 0 Å². The highest BCUT2D eigenvalue weighted by Crippen LogP contribution is 2.41. The third-order valence-electron chi connectivity index (χ3n) is 4.36. The first-order valence-electron chi connectivity index (χ1n) is 6.81. The molecule has 1 saturated carbocycles. The first-order chi connectivity index (χ1) is 8.01. The minimum Gasteiger partial charge on any atom is -0.385 e. The van der Waals surface area contributed by atoms with E-state index in [1.54, 1.807) is 0 Å². The van der Waals surface area contributed by atoms with Crippen molar-refractivity contribution in [2.75, 3.05) is 0 Å². The third-order valence-corrected chi connectivity index (χ3v) is 4.36. The zero-order valence-corrected chi connectivity index (χ0v) is 11.2. The van der Waals surface area contributed by atoms with Gasteiger partial charge in [0.25, 0.3) is 0 Å². The van der Waals surface area contributed by atoms with Crippen molar-refractivity contribution in [1.29, 1.82) is 0 Å². The van der Waals surface area contributed by atoms with Crippen LogP contribution in [0, 0.1) is 18.8 Å². The highest BCUT2D eigenvalue weighted by molar-refractivity contribution is 5.27. The van der Waals surface area contributed by atoms with E-state index in [-0.39, 0.29) is 0 Å². The highest BCUT2D eigenvalue weighted by atomic mass is 16.3. The summed E-state index contributed by atoms with van der Waals surface area (Å²) in [6.07, 6.45) is 4.14. The molecule has 0 radical (unpaired) electrons. The molecule has 0 atom stereocenters. The molecule has 0 aliphatic heterocycles. The van der Waals surface area contributed by atoms with Gasteiger partial charge in [-0.15, -0.1) is 0 Å². The Morgan fingerprint density at radius 3 is 2.41 bits per heavy atom. The Balaban J connectivity index is 2.12. The van der Waals surface area contributed by atoms with Crippen LogP contribution >= 0.6 is 0 Å². The molecule has 1 aromatic carbocycles. The molecular weight excluding hydrogens is 208 g/mol. The summed E-state index contributed by atoms with van der Waals surface area (Å²) < 4.78 is 0. The summed E-state index contributed by atoms with van der Waals surface area (Å²) in [5, 5.41) is 10.8. The van der Waals surface area contributed by atoms with Gasteiger partial charge in [0.2, 0.25) is 0 Å². The van der Waals surface area contributed by atoms with Crippen molar-refractivity contribution in [2.45, 2.75) is 52.1 Å². The van der Waals surface area contributed by atoms with Gasteiger partial charge >= 0.3 is 0 Å². The van der Waals surface area contributed by atoms with Crippen molar-refractivity contribution in [3.05, 3.63) is 35.4 Å². The fourth-order valence-corrected chi connectivity index (χ4v) is 3.01. The SMILES string of the molecule is Cc1cccc(C2(O)CCC(C(C)C)CC2)c1. The monoisotopic (exact) mass is 232 g/mol. The molecule has 1 fully saturated rings. The summed E-state index contributed by atoms with van der Waals surface area (Å²) in [6.45, 7) is 6.68. The second-order valence-electron chi connectivity index (χ2n) is 5.98. The Labute approximate surface area is 105 Å². The number of benzene rings is 1. The van der Waals surface area contributed by atoms with Crippen LogP contribution in [0.2, 0.25) is 0 Å². The van der Waals surface area contributed by atoms with E-state index in [4.69, 9.17) is 0 Å². The molecule has 0 unspecified atom stereocenters. The number of aliphatic hydroxyl groups is 1. The van der Waals surface area contributed by atoms with Gasteiger partial charge in [-0.05, 0) is 50.0 Å². The molecular formula is C16H24O. The summed E-state index contributed by atoms with van der Waals surface area (Å²) in [5.74, 6) is 1.54. The van der Waals surface area contributed by atoms with Crippen molar-refractivity contribution >= 4 is 0 Å². The molecule has 1 aliphatic rings. The lowest BCUT2D eigenvalue weighted by atomic mass is 9.72. The molecule has 0 heterocycles. The predicted octanol–water partition coefficient (Wildman–Crippen LogP) is 4.03. The lowest BCUT2D eigenvalue weighted by Crippen LogP contribution is -2.32. The Morgan fingerprint density at radius 2 is 1.88 bits per heavy atom. The number of hydrogen-bond donors (Lipinski definition) is 1. The Hall–Kier alpha value is -0.820. The summed E-state index contributed by atoms with van der Waals surface area (Å²) in [6, 6.07) is 8.35. The lowest BCUT2D eigenvalue weighted by Gasteiger charge is -2.38. The molecule has 1 aromatic rings. The van der Waals surface area contributed by atoms with Crippen LogP contribution in [0.3, 0.4) is 0 Å². The maximum atomic E-state index is 10.8. The van der Waals surface area contributed by atoms with Gasteiger partial charge in [0.15, 0.2) is 0 Å². The molecule has 1 aliphatic carbocycles. The molecule has 94 valence electrons. The van der Waals surface area contributed by atoms with E-state index in [0.29, 0.717) is 0 Å². The average molecular weight is 232 g/mol. The smallest absolute Gasteiger partial charge is 0.0896 e. The van der Waals surface area contributed by atoms with Gasteiger partial charge in [-0.1, -0.05) is 43.7 Å². The Morgan fingerprint density at radius 1 is 1.24 bits per heavy atom. The van der Waals surface area contributed by atoms with Gasteiger partial charge < -0.3 is 5.11 Å². The molecule has 0 spiro atoms. The second kappa shape index (κ2) is 4.81. The van der Waals surface area contributed by atoms with E-state index in [1.165, 1.54) is 5.56 Å². The largest absolute Gasteiger partial charge is 0.385 e. The summed E-state index contributed by atoms with van der Waals surface area (Å²) in [5.41, 5.74) is 1.78. The van der Waals surface area contributed by atoms with Crippen LogP contribution in [-0.2, 0) is 5.60 Å². The molecule has 0 amide bonds. The average Bonchev–Trinajstić information content (AvgIpc) is 2.29. The fourth-order valence-electron chi connectivity index (χ4n) is 3.01. The van der Waals surface area contributed by atoms with Crippen LogP contribution in [-0.4, -0.2) is 5.11 Å². The quantitative estimate of drug-likeness (QED) is 0.816.